The number of imide groups is 1. The predicted octanol–water partition coefficient (Wildman–Crippen LogP) is 5.89. The fourth-order valence-corrected chi connectivity index (χ4v) is 11.7. The predicted molar refractivity (Wildman–Crippen MR) is 199 cm³/mol. The summed E-state index contributed by atoms with van der Waals surface area (Å²) < 4.78 is 6.56. The Morgan fingerprint density at radius 3 is 2.20 bits per heavy atom. The number of hydrogen-bond donors (Lipinski definition) is 3. The van der Waals surface area contributed by atoms with Gasteiger partial charge < -0.3 is 25.0 Å². The first kappa shape index (κ1) is 37.5. The number of aliphatic hydroxyl groups is 1. The van der Waals surface area contributed by atoms with Crippen molar-refractivity contribution in [3.05, 3.63) is 11.1 Å². The third-order valence-corrected chi connectivity index (χ3v) is 14.5. The number of carbonyl (C=O) groups is 3. The minimum Gasteiger partial charge on any atom is -0.393 e. The first-order chi connectivity index (χ1) is 24.9. The number of rotatable bonds is 11. The molecule has 286 valence electrons. The van der Waals surface area contributed by atoms with Crippen molar-refractivity contribution in [1.82, 2.24) is 20.4 Å². The van der Waals surface area contributed by atoms with Crippen molar-refractivity contribution in [3.8, 4) is 0 Å². The van der Waals surface area contributed by atoms with Gasteiger partial charge in [0.2, 0.25) is 17.7 Å². The Hall–Kier alpha value is -1.81. The second-order valence-corrected chi connectivity index (χ2v) is 17.6. The highest BCUT2D eigenvalue weighted by Gasteiger charge is 2.48. The van der Waals surface area contributed by atoms with Crippen molar-refractivity contribution in [2.75, 3.05) is 32.8 Å². The highest BCUT2D eigenvalue weighted by molar-refractivity contribution is 6.02. The van der Waals surface area contributed by atoms with Crippen molar-refractivity contribution in [3.63, 3.8) is 0 Å². The van der Waals surface area contributed by atoms with Gasteiger partial charge >= 0.3 is 0 Å². The van der Waals surface area contributed by atoms with E-state index < -0.39 is 6.04 Å². The molecule has 0 spiro atoms. The van der Waals surface area contributed by atoms with Gasteiger partial charge in [-0.05, 0) is 146 Å². The van der Waals surface area contributed by atoms with Crippen LogP contribution in [-0.2, 0) is 19.1 Å². The second-order valence-electron chi connectivity index (χ2n) is 17.6. The zero-order valence-corrected chi connectivity index (χ0v) is 31.6. The third kappa shape index (κ3) is 9.12. The molecule has 3 amide bonds. The quantitative estimate of drug-likeness (QED) is 0.182. The molecule has 0 aromatic heterocycles. The van der Waals surface area contributed by atoms with Gasteiger partial charge in [0, 0.05) is 37.5 Å². The SMILES string of the molecule is CC/C(=C(\C1CCC(O)CC1)C1CCC(OCCN2CCC(NC3CCC4C(=O)N(C5CCC(=O)NC5=O)CC4C3)CC2)CC1)C1CCCCC1. The minimum absolute atomic E-state index is 0.0335. The first-order valence-corrected chi connectivity index (χ1v) is 21.5. The van der Waals surface area contributed by atoms with Gasteiger partial charge in [-0.2, -0.15) is 0 Å². The number of hydrogen-bond acceptors (Lipinski definition) is 7. The van der Waals surface area contributed by atoms with E-state index in [0.29, 0.717) is 49.4 Å². The van der Waals surface area contributed by atoms with Crippen LogP contribution in [0, 0.1) is 29.6 Å². The molecule has 9 heteroatoms. The van der Waals surface area contributed by atoms with E-state index in [-0.39, 0.29) is 29.7 Å². The maximum Gasteiger partial charge on any atom is 0.249 e. The molecule has 3 aliphatic heterocycles. The average Bonchev–Trinajstić information content (AvgIpc) is 3.47. The Balaban J connectivity index is 0.815. The number of likely N-dealkylation sites (tertiary alicyclic amines) is 2. The number of carbonyl (C=O) groups excluding carboxylic acids is 3. The lowest BCUT2D eigenvalue weighted by Gasteiger charge is -2.40. The Morgan fingerprint density at radius 2 is 1.51 bits per heavy atom. The van der Waals surface area contributed by atoms with Gasteiger partial charge in [0.15, 0.2) is 0 Å². The molecule has 4 aliphatic carbocycles. The Labute approximate surface area is 307 Å². The first-order valence-electron chi connectivity index (χ1n) is 21.5. The highest BCUT2D eigenvalue weighted by atomic mass is 16.5. The lowest BCUT2D eigenvalue weighted by atomic mass is 9.68. The number of nitrogens with one attached hydrogen (secondary N) is 2. The normalized spacial score (nSPS) is 36.9. The van der Waals surface area contributed by atoms with E-state index in [0.717, 1.165) is 83.0 Å². The highest BCUT2D eigenvalue weighted by Crippen LogP contribution is 2.46. The van der Waals surface area contributed by atoms with Crippen LogP contribution in [-0.4, -0.2) is 95.7 Å². The average molecular weight is 709 g/mol. The molecule has 0 aromatic carbocycles. The number of allylic oxidation sites excluding steroid dienone is 2. The standard InChI is InChI=1S/C42H68N4O5/c1-2-36(28-6-4-3-5-7-28)40(29-8-13-34(47)14-9-29)30-10-15-35(16-11-30)51-25-24-45-22-20-32(21-23-45)43-33-12-17-37-31(26-33)27-46(42(37)50)38-18-19-39(48)44-41(38)49/h28-35,37-38,43,47H,2-27H2,1H3,(H,44,48,49)/b40-36-. The van der Waals surface area contributed by atoms with E-state index in [1.165, 1.54) is 77.0 Å². The van der Waals surface area contributed by atoms with Crippen LogP contribution >= 0.6 is 0 Å². The van der Waals surface area contributed by atoms with Gasteiger partial charge in [-0.25, -0.2) is 0 Å². The Morgan fingerprint density at radius 1 is 0.804 bits per heavy atom. The summed E-state index contributed by atoms with van der Waals surface area (Å²) in [6.45, 7) is 7.15. The molecule has 7 rings (SSSR count). The van der Waals surface area contributed by atoms with Crippen molar-refractivity contribution >= 4 is 17.7 Å². The second kappa shape index (κ2) is 17.6. The van der Waals surface area contributed by atoms with Crippen molar-refractivity contribution in [2.45, 2.75) is 172 Å². The molecular formula is C42H68N4O5. The molecule has 0 aromatic rings. The number of ether oxygens (including phenoxy) is 1. The van der Waals surface area contributed by atoms with E-state index in [2.05, 4.69) is 22.5 Å². The molecule has 7 aliphatic rings. The summed E-state index contributed by atoms with van der Waals surface area (Å²) in [5.74, 6) is 2.16. The number of amides is 3. The fourth-order valence-electron chi connectivity index (χ4n) is 11.7. The summed E-state index contributed by atoms with van der Waals surface area (Å²) >= 11 is 0. The maximum absolute atomic E-state index is 13.2. The summed E-state index contributed by atoms with van der Waals surface area (Å²) in [6, 6.07) is 0.485. The molecular weight excluding hydrogens is 640 g/mol. The molecule has 9 nitrogen and oxygen atoms in total. The maximum atomic E-state index is 13.2. The van der Waals surface area contributed by atoms with Gasteiger partial charge in [0.05, 0.1) is 18.8 Å². The summed E-state index contributed by atoms with van der Waals surface area (Å²) in [4.78, 5) is 41.6. The summed E-state index contributed by atoms with van der Waals surface area (Å²) in [5, 5.41) is 16.7. The van der Waals surface area contributed by atoms with E-state index in [1.807, 2.05) is 11.1 Å². The van der Waals surface area contributed by atoms with Gasteiger partial charge in [0.1, 0.15) is 6.04 Å². The van der Waals surface area contributed by atoms with Crippen LogP contribution in [0.25, 0.3) is 0 Å². The third-order valence-electron chi connectivity index (χ3n) is 14.5. The summed E-state index contributed by atoms with van der Waals surface area (Å²) in [7, 11) is 0. The zero-order valence-electron chi connectivity index (χ0n) is 31.6. The van der Waals surface area contributed by atoms with Crippen LogP contribution in [0.4, 0.5) is 0 Å². The van der Waals surface area contributed by atoms with Gasteiger partial charge in [-0.3, -0.25) is 19.7 Å². The lowest BCUT2D eigenvalue weighted by Crippen LogP contribution is -2.53. The molecule has 3 N–H and O–H groups in total. The molecule has 4 unspecified atom stereocenters. The number of fused-ring (bicyclic) bond motifs is 1. The largest absolute Gasteiger partial charge is 0.393 e. The zero-order chi connectivity index (χ0) is 35.3. The lowest BCUT2D eigenvalue weighted by molar-refractivity contribution is -0.144. The Bertz CT molecular complexity index is 1230. The molecule has 3 saturated heterocycles. The molecule has 4 saturated carbocycles. The van der Waals surface area contributed by atoms with E-state index in [1.54, 1.807) is 4.90 Å². The van der Waals surface area contributed by atoms with Crippen LogP contribution in [0.5, 0.6) is 0 Å². The number of piperidine rings is 2. The molecule has 0 radical (unpaired) electrons. The Kier molecular flexibility index (Phi) is 12.9. The molecule has 4 atom stereocenters. The molecule has 0 bridgehead atoms. The van der Waals surface area contributed by atoms with Gasteiger partial charge in [0.25, 0.3) is 0 Å². The van der Waals surface area contributed by atoms with Gasteiger partial charge in [-0.15, -0.1) is 0 Å². The fraction of sp³-hybridized carbons (Fsp3) is 0.881. The monoisotopic (exact) mass is 709 g/mol. The van der Waals surface area contributed by atoms with Crippen LogP contribution in [0.2, 0.25) is 0 Å². The minimum atomic E-state index is -0.478. The number of aliphatic hydroxyl groups excluding tert-OH is 1. The number of nitrogens with zero attached hydrogens (tertiary/aromatic N) is 2. The van der Waals surface area contributed by atoms with Crippen molar-refractivity contribution in [2.24, 2.45) is 29.6 Å². The summed E-state index contributed by atoms with van der Waals surface area (Å²) in [5.41, 5.74) is 3.68. The van der Waals surface area contributed by atoms with Crippen LogP contribution in [0.3, 0.4) is 0 Å². The van der Waals surface area contributed by atoms with E-state index >= 15 is 0 Å². The van der Waals surface area contributed by atoms with Gasteiger partial charge in [-0.1, -0.05) is 37.3 Å². The molecule has 7 fully saturated rings. The van der Waals surface area contributed by atoms with Crippen molar-refractivity contribution in [1.29, 1.82) is 0 Å². The summed E-state index contributed by atoms with van der Waals surface area (Å²) in [6.07, 6.45) is 23.8. The smallest absolute Gasteiger partial charge is 0.249 e. The van der Waals surface area contributed by atoms with E-state index in [4.69, 9.17) is 4.74 Å². The van der Waals surface area contributed by atoms with Crippen LogP contribution in [0.1, 0.15) is 142 Å². The topological polar surface area (TPSA) is 111 Å². The van der Waals surface area contributed by atoms with Crippen molar-refractivity contribution < 1.29 is 24.2 Å². The van der Waals surface area contributed by atoms with E-state index in [9.17, 15) is 19.5 Å². The van der Waals surface area contributed by atoms with Crippen LogP contribution < -0.4 is 10.6 Å². The van der Waals surface area contributed by atoms with Crippen LogP contribution in [0.15, 0.2) is 11.1 Å². The molecule has 51 heavy (non-hydrogen) atoms. The molecule has 3 heterocycles.